The third-order valence-electron chi connectivity index (χ3n) is 3.24. The fourth-order valence-corrected chi connectivity index (χ4v) is 3.67. The van der Waals surface area contributed by atoms with Crippen molar-refractivity contribution in [2.45, 2.75) is 25.8 Å². The van der Waals surface area contributed by atoms with Crippen molar-refractivity contribution >= 4 is 10.0 Å². The van der Waals surface area contributed by atoms with Gasteiger partial charge in [0.1, 0.15) is 0 Å². The second-order valence-corrected chi connectivity index (χ2v) is 6.64. The molecule has 0 aromatic heterocycles. The molecule has 1 saturated carbocycles. The zero-order valence-corrected chi connectivity index (χ0v) is 11.8. The Morgan fingerprint density at radius 1 is 1.47 bits per heavy atom. The average molecular weight is 264 g/mol. The smallest absolute Gasteiger partial charge is 0.215 e. The number of ether oxygens (including phenoxy) is 1. The van der Waals surface area contributed by atoms with Gasteiger partial charge in [0, 0.05) is 26.2 Å². The zero-order valence-electron chi connectivity index (χ0n) is 11.0. The van der Waals surface area contributed by atoms with Crippen LogP contribution in [0.25, 0.3) is 0 Å². The van der Waals surface area contributed by atoms with Gasteiger partial charge in [0.15, 0.2) is 0 Å². The maximum atomic E-state index is 12.2. The molecule has 1 unspecified atom stereocenters. The van der Waals surface area contributed by atoms with Gasteiger partial charge in [-0.1, -0.05) is 0 Å². The van der Waals surface area contributed by atoms with Crippen LogP contribution in [0.15, 0.2) is 0 Å². The Morgan fingerprint density at radius 3 is 2.59 bits per heavy atom. The zero-order chi connectivity index (χ0) is 12.9. The molecule has 0 heterocycles. The molecule has 0 aromatic rings. The van der Waals surface area contributed by atoms with Crippen molar-refractivity contribution in [3.8, 4) is 0 Å². The van der Waals surface area contributed by atoms with E-state index in [1.165, 1.54) is 0 Å². The summed E-state index contributed by atoms with van der Waals surface area (Å²) in [5, 5.41) is 2.88. The number of hydrogen-bond acceptors (Lipinski definition) is 4. The third kappa shape index (κ3) is 4.54. The van der Waals surface area contributed by atoms with Gasteiger partial charge in [0.05, 0.1) is 12.4 Å². The number of sulfonamides is 1. The Morgan fingerprint density at radius 2 is 2.12 bits per heavy atom. The number of nitrogens with zero attached hydrogens (tertiary/aromatic N) is 1. The van der Waals surface area contributed by atoms with Crippen LogP contribution in [0.1, 0.15) is 19.8 Å². The molecule has 102 valence electrons. The number of methoxy groups -OCH3 is 1. The summed E-state index contributed by atoms with van der Waals surface area (Å²) < 4.78 is 31.0. The Balaban J connectivity index is 2.65. The predicted octanol–water partition coefficient (Wildman–Crippen LogP) is 0.282. The van der Waals surface area contributed by atoms with E-state index in [9.17, 15) is 8.42 Å². The van der Waals surface area contributed by atoms with E-state index >= 15 is 0 Å². The molecule has 0 spiro atoms. The van der Waals surface area contributed by atoms with Gasteiger partial charge in [-0.15, -0.1) is 0 Å². The molecule has 0 saturated heterocycles. The number of hydrogen-bond donors (Lipinski definition) is 1. The summed E-state index contributed by atoms with van der Waals surface area (Å²) in [4.78, 5) is 0. The van der Waals surface area contributed by atoms with Crippen LogP contribution in [0.5, 0.6) is 0 Å². The van der Waals surface area contributed by atoms with Crippen LogP contribution in [0.3, 0.4) is 0 Å². The third-order valence-corrected chi connectivity index (χ3v) is 5.19. The maximum Gasteiger partial charge on any atom is 0.215 e. The summed E-state index contributed by atoms with van der Waals surface area (Å²) in [7, 11) is 0.190. The molecule has 1 aliphatic rings. The molecule has 1 rings (SSSR count). The lowest BCUT2D eigenvalue weighted by molar-refractivity contribution is 0.164. The second-order valence-electron chi connectivity index (χ2n) is 4.60. The van der Waals surface area contributed by atoms with E-state index in [0.717, 1.165) is 12.8 Å². The normalized spacial score (nSPS) is 18.6. The van der Waals surface area contributed by atoms with Gasteiger partial charge in [0.2, 0.25) is 10.0 Å². The van der Waals surface area contributed by atoms with Gasteiger partial charge in [-0.2, -0.15) is 4.31 Å². The minimum atomic E-state index is -3.17. The van der Waals surface area contributed by atoms with E-state index in [1.807, 2.05) is 6.92 Å². The van der Waals surface area contributed by atoms with Crippen LogP contribution in [0.2, 0.25) is 0 Å². The fourth-order valence-electron chi connectivity index (χ4n) is 1.94. The highest BCUT2D eigenvalue weighted by Crippen LogP contribution is 2.36. The Bertz CT molecular complexity index is 315. The van der Waals surface area contributed by atoms with Gasteiger partial charge in [-0.3, -0.25) is 0 Å². The van der Waals surface area contributed by atoms with Gasteiger partial charge < -0.3 is 10.1 Å². The Labute approximate surface area is 105 Å². The maximum absolute atomic E-state index is 12.2. The summed E-state index contributed by atoms with van der Waals surface area (Å²) >= 11 is 0. The number of nitrogens with one attached hydrogen (secondary N) is 1. The summed E-state index contributed by atoms with van der Waals surface area (Å²) in [6.07, 6.45) is 2.29. The highest BCUT2D eigenvalue weighted by Gasteiger charge is 2.36. The largest absolute Gasteiger partial charge is 0.383 e. The van der Waals surface area contributed by atoms with E-state index in [-0.39, 0.29) is 11.8 Å². The molecule has 0 radical (unpaired) electrons. The predicted molar refractivity (Wildman–Crippen MR) is 68.5 cm³/mol. The molecule has 1 N–H and O–H groups in total. The molecule has 0 aliphatic heterocycles. The second kappa shape index (κ2) is 6.68. The van der Waals surface area contributed by atoms with E-state index in [4.69, 9.17) is 4.74 Å². The lowest BCUT2D eigenvalue weighted by Crippen LogP contribution is -2.44. The van der Waals surface area contributed by atoms with Gasteiger partial charge >= 0.3 is 0 Å². The quantitative estimate of drug-likeness (QED) is 0.650. The molecule has 5 nitrogen and oxygen atoms in total. The van der Waals surface area contributed by atoms with Crippen LogP contribution in [-0.2, 0) is 14.8 Å². The van der Waals surface area contributed by atoms with Crippen molar-refractivity contribution in [1.82, 2.24) is 9.62 Å². The minimum Gasteiger partial charge on any atom is -0.383 e. The van der Waals surface area contributed by atoms with Crippen molar-refractivity contribution in [3.05, 3.63) is 0 Å². The SMILES string of the molecule is CNCCS(=O)(=O)N(CCOC)C(C)C1CC1. The monoisotopic (exact) mass is 264 g/mol. The first kappa shape index (κ1) is 14.9. The van der Waals surface area contributed by atoms with Crippen molar-refractivity contribution < 1.29 is 13.2 Å². The lowest BCUT2D eigenvalue weighted by Gasteiger charge is -2.28. The molecule has 0 amide bonds. The first-order valence-corrected chi connectivity index (χ1v) is 7.77. The minimum absolute atomic E-state index is 0.104. The number of rotatable bonds is 9. The van der Waals surface area contributed by atoms with Crippen LogP contribution >= 0.6 is 0 Å². The van der Waals surface area contributed by atoms with Crippen LogP contribution in [0.4, 0.5) is 0 Å². The van der Waals surface area contributed by atoms with Gasteiger partial charge in [-0.25, -0.2) is 8.42 Å². The average Bonchev–Trinajstić information content (AvgIpc) is 3.10. The molecule has 0 aromatic carbocycles. The van der Waals surface area contributed by atoms with E-state index in [1.54, 1.807) is 18.5 Å². The van der Waals surface area contributed by atoms with Crippen LogP contribution < -0.4 is 5.32 Å². The molecular weight excluding hydrogens is 240 g/mol. The summed E-state index contributed by atoms with van der Waals surface area (Å²) in [6.45, 7) is 3.41. The molecular formula is C11H24N2O3S. The lowest BCUT2D eigenvalue weighted by atomic mass is 10.2. The topological polar surface area (TPSA) is 58.6 Å². The fraction of sp³-hybridized carbons (Fsp3) is 1.00. The van der Waals surface area contributed by atoms with E-state index < -0.39 is 10.0 Å². The Hall–Kier alpha value is -0.170. The molecule has 1 atom stereocenters. The van der Waals surface area contributed by atoms with Crippen molar-refractivity contribution in [1.29, 1.82) is 0 Å². The van der Waals surface area contributed by atoms with Crippen molar-refractivity contribution in [3.63, 3.8) is 0 Å². The van der Waals surface area contributed by atoms with E-state index in [0.29, 0.717) is 25.6 Å². The van der Waals surface area contributed by atoms with Gasteiger partial charge in [0.25, 0.3) is 0 Å². The molecule has 17 heavy (non-hydrogen) atoms. The first-order valence-electron chi connectivity index (χ1n) is 6.16. The molecule has 1 aliphatic carbocycles. The van der Waals surface area contributed by atoms with Crippen molar-refractivity contribution in [2.75, 3.05) is 39.6 Å². The van der Waals surface area contributed by atoms with Crippen LogP contribution in [-0.4, -0.2) is 58.4 Å². The van der Waals surface area contributed by atoms with Crippen molar-refractivity contribution in [2.24, 2.45) is 5.92 Å². The molecule has 0 bridgehead atoms. The Kier molecular flexibility index (Phi) is 5.85. The standard InChI is InChI=1S/C11H24N2O3S/c1-10(11-4-5-11)13(7-8-16-3)17(14,15)9-6-12-2/h10-12H,4-9H2,1-3H3. The molecule has 6 heteroatoms. The summed E-state index contributed by atoms with van der Waals surface area (Å²) in [6, 6.07) is 0.104. The highest BCUT2D eigenvalue weighted by atomic mass is 32.2. The summed E-state index contributed by atoms with van der Waals surface area (Å²) in [5.41, 5.74) is 0. The first-order chi connectivity index (χ1) is 8.03. The highest BCUT2D eigenvalue weighted by molar-refractivity contribution is 7.89. The van der Waals surface area contributed by atoms with E-state index in [2.05, 4.69) is 5.32 Å². The molecule has 1 fully saturated rings. The summed E-state index contributed by atoms with van der Waals surface area (Å²) in [5.74, 6) is 0.695. The van der Waals surface area contributed by atoms with Crippen LogP contribution in [0, 0.1) is 5.92 Å². The van der Waals surface area contributed by atoms with Gasteiger partial charge in [-0.05, 0) is 32.7 Å².